The zero-order valence-electron chi connectivity index (χ0n) is 11.2. The standard InChI is InChI=1S/C14H21NO3/c1-4-5-11(2)15-12-6-8-13(9-7-12)18-10-14(16)17-3/h6-9,11,15H,4-5,10H2,1-3H3. The van der Waals surface area contributed by atoms with Crippen LogP contribution in [0, 0.1) is 0 Å². The molecule has 1 aromatic rings. The van der Waals surface area contributed by atoms with Crippen LogP contribution >= 0.6 is 0 Å². The number of esters is 1. The highest BCUT2D eigenvalue weighted by molar-refractivity contribution is 5.70. The van der Waals surface area contributed by atoms with E-state index in [-0.39, 0.29) is 12.6 Å². The van der Waals surface area contributed by atoms with Crippen LogP contribution in [-0.4, -0.2) is 25.7 Å². The first-order valence-corrected chi connectivity index (χ1v) is 6.22. The maximum atomic E-state index is 10.9. The van der Waals surface area contributed by atoms with Crippen molar-refractivity contribution in [2.24, 2.45) is 0 Å². The maximum Gasteiger partial charge on any atom is 0.343 e. The summed E-state index contributed by atoms with van der Waals surface area (Å²) in [5.74, 6) is 0.280. The van der Waals surface area contributed by atoms with E-state index in [9.17, 15) is 4.79 Å². The number of anilines is 1. The number of hydrogen-bond acceptors (Lipinski definition) is 4. The van der Waals surface area contributed by atoms with E-state index in [0.717, 1.165) is 18.5 Å². The zero-order chi connectivity index (χ0) is 13.4. The predicted molar refractivity (Wildman–Crippen MR) is 71.9 cm³/mol. The molecule has 0 aliphatic rings. The molecule has 0 radical (unpaired) electrons. The molecule has 4 heteroatoms. The highest BCUT2D eigenvalue weighted by atomic mass is 16.6. The second-order valence-corrected chi connectivity index (χ2v) is 4.22. The predicted octanol–water partition coefficient (Wildman–Crippen LogP) is 2.84. The average Bonchev–Trinajstić information content (AvgIpc) is 2.37. The summed E-state index contributed by atoms with van der Waals surface area (Å²) < 4.78 is 9.76. The van der Waals surface area contributed by atoms with E-state index >= 15 is 0 Å². The average molecular weight is 251 g/mol. The molecule has 1 aromatic carbocycles. The fourth-order valence-corrected chi connectivity index (χ4v) is 1.64. The third kappa shape index (κ3) is 5.08. The first-order valence-electron chi connectivity index (χ1n) is 6.22. The molecule has 0 saturated carbocycles. The normalized spacial score (nSPS) is 11.7. The number of carbonyl (C=O) groups excluding carboxylic acids is 1. The van der Waals surface area contributed by atoms with Gasteiger partial charge in [0.1, 0.15) is 5.75 Å². The van der Waals surface area contributed by atoms with Gasteiger partial charge in [-0.25, -0.2) is 4.79 Å². The van der Waals surface area contributed by atoms with Crippen molar-refractivity contribution >= 4 is 11.7 Å². The minimum Gasteiger partial charge on any atom is -0.482 e. The summed E-state index contributed by atoms with van der Waals surface area (Å²) in [4.78, 5) is 10.9. The molecule has 18 heavy (non-hydrogen) atoms. The van der Waals surface area contributed by atoms with Crippen LogP contribution in [0.25, 0.3) is 0 Å². The zero-order valence-corrected chi connectivity index (χ0v) is 11.2. The van der Waals surface area contributed by atoms with Gasteiger partial charge in [0.2, 0.25) is 0 Å². The lowest BCUT2D eigenvalue weighted by Crippen LogP contribution is -2.14. The largest absolute Gasteiger partial charge is 0.482 e. The third-order valence-corrected chi connectivity index (χ3v) is 2.57. The SMILES string of the molecule is CCCC(C)Nc1ccc(OCC(=O)OC)cc1. The quantitative estimate of drug-likeness (QED) is 0.757. The summed E-state index contributed by atoms with van der Waals surface area (Å²) >= 11 is 0. The van der Waals surface area contributed by atoms with E-state index in [0.29, 0.717) is 11.8 Å². The van der Waals surface area contributed by atoms with Crippen LogP contribution in [-0.2, 0) is 9.53 Å². The molecule has 1 rings (SSSR count). The van der Waals surface area contributed by atoms with E-state index in [1.165, 1.54) is 7.11 Å². The van der Waals surface area contributed by atoms with Crippen LogP contribution in [0.4, 0.5) is 5.69 Å². The van der Waals surface area contributed by atoms with Crippen molar-refractivity contribution in [3.05, 3.63) is 24.3 Å². The molecule has 1 N–H and O–H groups in total. The Balaban J connectivity index is 2.44. The summed E-state index contributed by atoms with van der Waals surface area (Å²) in [6, 6.07) is 8.02. The molecule has 1 atom stereocenters. The summed E-state index contributed by atoms with van der Waals surface area (Å²) in [6.45, 7) is 4.27. The van der Waals surface area contributed by atoms with Gasteiger partial charge < -0.3 is 14.8 Å². The first-order chi connectivity index (χ1) is 8.65. The lowest BCUT2D eigenvalue weighted by molar-refractivity contribution is -0.142. The molecular formula is C14H21NO3. The van der Waals surface area contributed by atoms with Crippen molar-refractivity contribution in [3.63, 3.8) is 0 Å². The van der Waals surface area contributed by atoms with Crippen LogP contribution in [0.3, 0.4) is 0 Å². The molecule has 0 aliphatic carbocycles. The number of nitrogens with one attached hydrogen (secondary N) is 1. The van der Waals surface area contributed by atoms with Crippen LogP contribution in [0.2, 0.25) is 0 Å². The molecule has 0 amide bonds. The molecule has 0 fully saturated rings. The Kier molecular flexibility index (Phi) is 6.05. The molecule has 0 spiro atoms. The monoisotopic (exact) mass is 251 g/mol. The summed E-state index contributed by atoms with van der Waals surface area (Å²) in [7, 11) is 1.34. The van der Waals surface area contributed by atoms with Crippen molar-refractivity contribution in [2.45, 2.75) is 32.7 Å². The number of hydrogen-bond donors (Lipinski definition) is 1. The molecular weight excluding hydrogens is 230 g/mol. The van der Waals surface area contributed by atoms with E-state index in [4.69, 9.17) is 4.74 Å². The van der Waals surface area contributed by atoms with Crippen molar-refractivity contribution in [2.75, 3.05) is 19.0 Å². The highest BCUT2D eigenvalue weighted by Gasteiger charge is 2.03. The lowest BCUT2D eigenvalue weighted by atomic mass is 10.2. The minimum atomic E-state index is -0.381. The minimum absolute atomic E-state index is 0.0600. The van der Waals surface area contributed by atoms with Gasteiger partial charge in [-0.3, -0.25) is 0 Å². The van der Waals surface area contributed by atoms with E-state index in [1.807, 2.05) is 24.3 Å². The molecule has 0 bridgehead atoms. The smallest absolute Gasteiger partial charge is 0.343 e. The molecule has 1 unspecified atom stereocenters. The highest BCUT2D eigenvalue weighted by Crippen LogP contribution is 2.17. The van der Waals surface area contributed by atoms with Crippen LogP contribution in [0.15, 0.2) is 24.3 Å². The van der Waals surface area contributed by atoms with Gasteiger partial charge in [0.05, 0.1) is 7.11 Å². The lowest BCUT2D eigenvalue weighted by Gasteiger charge is -2.14. The second-order valence-electron chi connectivity index (χ2n) is 4.22. The van der Waals surface area contributed by atoms with Crippen LogP contribution in [0.5, 0.6) is 5.75 Å². The second kappa shape index (κ2) is 7.58. The summed E-state index contributed by atoms with van der Waals surface area (Å²) in [5.41, 5.74) is 1.06. The van der Waals surface area contributed by atoms with Crippen LogP contribution in [0.1, 0.15) is 26.7 Å². The molecule has 0 saturated heterocycles. The third-order valence-electron chi connectivity index (χ3n) is 2.57. The Morgan fingerprint density at radius 2 is 2.00 bits per heavy atom. The number of methoxy groups -OCH3 is 1. The Morgan fingerprint density at radius 1 is 1.33 bits per heavy atom. The van der Waals surface area contributed by atoms with Crippen molar-refractivity contribution < 1.29 is 14.3 Å². The van der Waals surface area contributed by atoms with Crippen molar-refractivity contribution in [3.8, 4) is 5.75 Å². The molecule has 0 aromatic heterocycles. The molecule has 100 valence electrons. The van der Waals surface area contributed by atoms with Gasteiger partial charge in [0, 0.05) is 11.7 Å². The Morgan fingerprint density at radius 3 is 2.56 bits per heavy atom. The van der Waals surface area contributed by atoms with Crippen LogP contribution < -0.4 is 10.1 Å². The summed E-state index contributed by atoms with van der Waals surface area (Å²) in [5, 5.41) is 3.40. The first kappa shape index (κ1) is 14.4. The maximum absolute atomic E-state index is 10.9. The van der Waals surface area contributed by atoms with Gasteiger partial charge in [0.15, 0.2) is 6.61 Å². The summed E-state index contributed by atoms with van der Waals surface area (Å²) in [6.07, 6.45) is 2.30. The van der Waals surface area contributed by atoms with Gasteiger partial charge >= 0.3 is 5.97 Å². The Labute approximate surface area is 108 Å². The van der Waals surface area contributed by atoms with Gasteiger partial charge in [0.25, 0.3) is 0 Å². The van der Waals surface area contributed by atoms with Gasteiger partial charge in [-0.1, -0.05) is 13.3 Å². The van der Waals surface area contributed by atoms with Gasteiger partial charge in [-0.15, -0.1) is 0 Å². The number of carbonyl (C=O) groups is 1. The van der Waals surface area contributed by atoms with Crippen molar-refractivity contribution in [1.82, 2.24) is 0 Å². The number of ether oxygens (including phenoxy) is 2. The molecule has 4 nitrogen and oxygen atoms in total. The number of benzene rings is 1. The fraction of sp³-hybridized carbons (Fsp3) is 0.500. The van der Waals surface area contributed by atoms with Gasteiger partial charge in [-0.05, 0) is 37.6 Å². The van der Waals surface area contributed by atoms with E-state index in [2.05, 4.69) is 23.9 Å². The molecule has 0 aliphatic heterocycles. The van der Waals surface area contributed by atoms with E-state index < -0.39 is 0 Å². The van der Waals surface area contributed by atoms with E-state index in [1.54, 1.807) is 0 Å². The fourth-order valence-electron chi connectivity index (χ4n) is 1.64. The van der Waals surface area contributed by atoms with Gasteiger partial charge in [-0.2, -0.15) is 0 Å². The topological polar surface area (TPSA) is 47.6 Å². The number of rotatable bonds is 7. The molecule has 0 heterocycles. The Bertz CT molecular complexity index is 362. The van der Waals surface area contributed by atoms with Crippen molar-refractivity contribution in [1.29, 1.82) is 0 Å². The Hall–Kier alpha value is -1.71.